The van der Waals surface area contributed by atoms with Crippen molar-refractivity contribution in [1.82, 2.24) is 5.32 Å². The Hall–Kier alpha value is -1.62. The van der Waals surface area contributed by atoms with Gasteiger partial charge in [0.2, 0.25) is 0 Å². The van der Waals surface area contributed by atoms with Gasteiger partial charge in [-0.15, -0.1) is 0 Å². The lowest BCUT2D eigenvalue weighted by atomic mass is 9.99. The number of hydrogen-bond donors (Lipinski definition) is 2. The molecule has 0 aliphatic carbocycles. The van der Waals surface area contributed by atoms with E-state index in [4.69, 9.17) is 0 Å². The van der Waals surface area contributed by atoms with Crippen LogP contribution in [0, 0.1) is 0 Å². The van der Waals surface area contributed by atoms with Gasteiger partial charge in [-0.2, -0.15) is 12.6 Å². The van der Waals surface area contributed by atoms with Crippen molar-refractivity contribution >= 4 is 30.6 Å². The number of aldehydes is 1. The number of amides is 1. The Labute approximate surface area is 124 Å². The summed E-state index contributed by atoms with van der Waals surface area (Å²) in [5.41, 5.74) is 0.712. The third kappa shape index (κ3) is 4.49. The maximum Gasteiger partial charge on any atom is 0.252 e. The Morgan fingerprint density at radius 2 is 1.95 bits per heavy atom. The highest BCUT2D eigenvalue weighted by molar-refractivity contribution is 7.80. The summed E-state index contributed by atoms with van der Waals surface area (Å²) in [6.07, 6.45) is 2.77. The lowest BCUT2D eigenvalue weighted by Crippen LogP contribution is -2.38. The Kier molecular flexibility index (Phi) is 7.01. The molecule has 0 heterocycles. The van der Waals surface area contributed by atoms with Crippen LogP contribution in [0.5, 0.6) is 0 Å². The van der Waals surface area contributed by atoms with Gasteiger partial charge in [-0.3, -0.25) is 9.59 Å². The van der Waals surface area contributed by atoms with Crippen LogP contribution in [-0.4, -0.2) is 29.8 Å². The molecule has 0 fully saturated rings. The minimum Gasteiger partial charge on any atom is -0.342 e. The van der Waals surface area contributed by atoms with Crippen molar-refractivity contribution in [3.05, 3.63) is 35.4 Å². The lowest BCUT2D eigenvalue weighted by molar-refractivity contribution is -0.109. The van der Waals surface area contributed by atoms with E-state index in [-0.39, 0.29) is 11.5 Å². The molecule has 0 unspecified atom stereocenters. The molecule has 1 N–H and O–H groups in total. The average Bonchev–Trinajstić information content (AvgIpc) is 2.49. The average molecular weight is 293 g/mol. The van der Waals surface area contributed by atoms with Crippen LogP contribution < -0.4 is 5.32 Å². The van der Waals surface area contributed by atoms with Crippen LogP contribution in [0.2, 0.25) is 0 Å². The number of Topliss-reactive ketones (excluding diaryl/α,β-unsaturated/α-hetero) is 1. The number of rotatable bonds is 8. The molecule has 1 aromatic carbocycles. The van der Waals surface area contributed by atoms with Crippen molar-refractivity contribution in [3.8, 4) is 0 Å². The van der Waals surface area contributed by atoms with E-state index in [2.05, 4.69) is 17.9 Å². The van der Waals surface area contributed by atoms with Gasteiger partial charge in [0.15, 0.2) is 5.78 Å². The fraction of sp³-hybridized carbons (Fsp3) is 0.400. The second-order valence-corrected chi connectivity index (χ2v) is 4.84. The van der Waals surface area contributed by atoms with Gasteiger partial charge in [0.05, 0.1) is 11.6 Å². The quantitative estimate of drug-likeness (QED) is 0.439. The van der Waals surface area contributed by atoms with Crippen LogP contribution in [0.15, 0.2) is 24.3 Å². The molecule has 0 saturated heterocycles. The molecular formula is C15H19NO3S. The molecule has 1 amide bonds. The summed E-state index contributed by atoms with van der Waals surface area (Å²) in [5, 5.41) is 2.55. The number of unbranched alkanes of at least 4 members (excludes halogenated alkanes) is 1. The largest absolute Gasteiger partial charge is 0.342 e. The molecule has 1 rings (SSSR count). The number of nitrogens with one attached hydrogen (secondary N) is 1. The first kappa shape index (κ1) is 16.4. The van der Waals surface area contributed by atoms with Crippen molar-refractivity contribution in [2.45, 2.75) is 32.2 Å². The summed E-state index contributed by atoms with van der Waals surface area (Å²) in [7, 11) is 0. The van der Waals surface area contributed by atoms with Gasteiger partial charge < -0.3 is 10.1 Å². The summed E-state index contributed by atoms with van der Waals surface area (Å²) in [6.45, 7) is 2.01. The number of hydrogen-bond acceptors (Lipinski definition) is 4. The van der Waals surface area contributed by atoms with Crippen molar-refractivity contribution in [3.63, 3.8) is 0 Å². The zero-order chi connectivity index (χ0) is 15.0. The normalized spacial score (nSPS) is 11.7. The van der Waals surface area contributed by atoms with Crippen molar-refractivity contribution < 1.29 is 14.4 Å². The van der Waals surface area contributed by atoms with Gasteiger partial charge in [0, 0.05) is 17.7 Å². The van der Waals surface area contributed by atoms with Crippen LogP contribution >= 0.6 is 12.6 Å². The zero-order valence-corrected chi connectivity index (χ0v) is 12.4. The molecule has 0 aliphatic heterocycles. The van der Waals surface area contributed by atoms with Crippen LogP contribution in [-0.2, 0) is 4.79 Å². The van der Waals surface area contributed by atoms with Crippen LogP contribution in [0.25, 0.3) is 0 Å². The molecule has 5 heteroatoms. The van der Waals surface area contributed by atoms with E-state index < -0.39 is 11.9 Å². The zero-order valence-electron chi connectivity index (χ0n) is 11.5. The fourth-order valence-electron chi connectivity index (χ4n) is 1.77. The molecule has 0 aromatic heterocycles. The summed E-state index contributed by atoms with van der Waals surface area (Å²) in [6, 6.07) is 6.01. The topological polar surface area (TPSA) is 63.2 Å². The third-order valence-corrected chi connectivity index (χ3v) is 3.30. The molecule has 1 aromatic rings. The van der Waals surface area contributed by atoms with Crippen molar-refractivity contribution in [2.75, 3.05) is 5.75 Å². The van der Waals surface area contributed by atoms with E-state index in [0.29, 0.717) is 23.8 Å². The van der Waals surface area contributed by atoms with E-state index in [1.54, 1.807) is 24.3 Å². The second kappa shape index (κ2) is 8.53. The predicted molar refractivity (Wildman–Crippen MR) is 81.5 cm³/mol. The predicted octanol–water partition coefficient (Wildman–Crippen LogP) is 2.29. The maximum absolute atomic E-state index is 12.1. The van der Waals surface area contributed by atoms with Gasteiger partial charge in [-0.25, -0.2) is 0 Å². The smallest absolute Gasteiger partial charge is 0.252 e. The molecular weight excluding hydrogens is 274 g/mol. The van der Waals surface area contributed by atoms with E-state index in [1.165, 1.54) is 0 Å². The molecule has 0 spiro atoms. The minimum absolute atomic E-state index is 0.0499. The molecule has 108 valence electrons. The molecule has 1 atom stereocenters. The number of carbonyl (C=O) groups is 3. The molecule has 4 nitrogen and oxygen atoms in total. The van der Waals surface area contributed by atoms with Gasteiger partial charge in [-0.1, -0.05) is 31.5 Å². The summed E-state index contributed by atoms with van der Waals surface area (Å²) in [4.78, 5) is 34.9. The maximum atomic E-state index is 12.1. The molecule has 0 radical (unpaired) electrons. The van der Waals surface area contributed by atoms with Crippen LogP contribution in [0.3, 0.4) is 0 Å². The molecule has 0 saturated carbocycles. The van der Waals surface area contributed by atoms with E-state index in [0.717, 1.165) is 12.8 Å². The highest BCUT2D eigenvalue weighted by Gasteiger charge is 2.18. The summed E-state index contributed by atoms with van der Waals surface area (Å²) in [5.74, 6) is -0.246. The number of benzene rings is 1. The van der Waals surface area contributed by atoms with Gasteiger partial charge in [-0.05, 0) is 12.5 Å². The lowest BCUT2D eigenvalue weighted by Gasteiger charge is -2.12. The number of ketones is 1. The van der Waals surface area contributed by atoms with E-state index >= 15 is 0 Å². The van der Waals surface area contributed by atoms with Crippen LogP contribution in [0.4, 0.5) is 0 Å². The minimum atomic E-state index is -0.648. The summed E-state index contributed by atoms with van der Waals surface area (Å²) < 4.78 is 0. The molecule has 20 heavy (non-hydrogen) atoms. The standard InChI is InChI=1S/C15H19NO3S/c1-2-3-8-14(18)12-6-4-5-7-13(12)15(19)16-11(9-17)10-20/h4-7,9,11,20H,2-3,8,10H2,1H3,(H,16,19)/t11-/m1/s1. The Morgan fingerprint density at radius 3 is 2.50 bits per heavy atom. The summed E-state index contributed by atoms with van der Waals surface area (Å²) >= 11 is 3.98. The third-order valence-electron chi connectivity index (χ3n) is 2.91. The number of thiol groups is 1. The molecule has 0 aliphatic rings. The first-order chi connectivity index (χ1) is 9.63. The van der Waals surface area contributed by atoms with Crippen molar-refractivity contribution in [2.24, 2.45) is 0 Å². The van der Waals surface area contributed by atoms with Gasteiger partial charge in [0.25, 0.3) is 5.91 Å². The van der Waals surface area contributed by atoms with Crippen molar-refractivity contribution in [1.29, 1.82) is 0 Å². The Morgan fingerprint density at radius 1 is 1.30 bits per heavy atom. The van der Waals surface area contributed by atoms with E-state index in [9.17, 15) is 14.4 Å². The SMILES string of the molecule is CCCCC(=O)c1ccccc1C(=O)N[C@H](C=O)CS. The second-order valence-electron chi connectivity index (χ2n) is 4.47. The Bertz CT molecular complexity index is 488. The first-order valence-corrected chi connectivity index (χ1v) is 7.26. The molecule has 0 bridgehead atoms. The van der Waals surface area contributed by atoms with E-state index in [1.807, 2.05) is 6.92 Å². The first-order valence-electron chi connectivity index (χ1n) is 6.63. The highest BCUT2D eigenvalue weighted by atomic mass is 32.1. The monoisotopic (exact) mass is 293 g/mol. The Balaban J connectivity index is 2.91. The fourth-order valence-corrected chi connectivity index (χ4v) is 1.94. The van der Waals surface area contributed by atoms with Gasteiger partial charge >= 0.3 is 0 Å². The van der Waals surface area contributed by atoms with Crippen LogP contribution in [0.1, 0.15) is 46.9 Å². The number of carbonyl (C=O) groups excluding carboxylic acids is 3. The highest BCUT2D eigenvalue weighted by Crippen LogP contribution is 2.13. The van der Waals surface area contributed by atoms with Gasteiger partial charge in [0.1, 0.15) is 6.29 Å².